The van der Waals surface area contributed by atoms with E-state index in [-0.39, 0.29) is 23.3 Å². The fourth-order valence-corrected chi connectivity index (χ4v) is 4.23. The first-order valence-electron chi connectivity index (χ1n) is 6.60. The highest BCUT2D eigenvalue weighted by molar-refractivity contribution is 7.91. The molecule has 0 aromatic heterocycles. The average molecular weight is 316 g/mol. The first-order valence-corrected chi connectivity index (χ1v) is 8.80. The Labute approximate surface area is 124 Å². The molecule has 6 heteroatoms. The van der Waals surface area contributed by atoms with Gasteiger partial charge in [0, 0.05) is 36.1 Å². The third-order valence-electron chi connectivity index (χ3n) is 3.58. The summed E-state index contributed by atoms with van der Waals surface area (Å²) in [5.74, 6) is 0.397. The van der Waals surface area contributed by atoms with Gasteiger partial charge in [-0.25, -0.2) is 8.42 Å². The van der Waals surface area contributed by atoms with Crippen LogP contribution in [-0.4, -0.2) is 49.7 Å². The van der Waals surface area contributed by atoms with Crippen molar-refractivity contribution in [3.63, 3.8) is 0 Å². The van der Waals surface area contributed by atoms with Crippen LogP contribution < -0.4 is 0 Å². The van der Waals surface area contributed by atoms with Gasteiger partial charge in [0.2, 0.25) is 0 Å². The number of hydrogen-bond acceptors (Lipinski definition) is 4. The maximum Gasteiger partial charge on any atom is 0.164 e. The van der Waals surface area contributed by atoms with Gasteiger partial charge in [0.05, 0.1) is 11.5 Å². The molecule has 1 aliphatic heterocycles. The maximum atomic E-state index is 12.1. The zero-order valence-electron chi connectivity index (χ0n) is 11.4. The maximum absolute atomic E-state index is 12.1. The van der Waals surface area contributed by atoms with Crippen molar-refractivity contribution in [2.24, 2.45) is 0 Å². The summed E-state index contributed by atoms with van der Waals surface area (Å²) in [5.41, 5.74) is 0.606. The van der Waals surface area contributed by atoms with E-state index in [4.69, 9.17) is 11.6 Å². The van der Waals surface area contributed by atoms with Gasteiger partial charge in [-0.1, -0.05) is 23.7 Å². The Hall–Kier alpha value is -0.910. The molecule has 1 aliphatic rings. The monoisotopic (exact) mass is 315 g/mol. The number of benzene rings is 1. The van der Waals surface area contributed by atoms with E-state index in [2.05, 4.69) is 4.90 Å². The molecule has 0 saturated carbocycles. The topological polar surface area (TPSA) is 54.5 Å². The largest absolute Gasteiger partial charge is 0.298 e. The van der Waals surface area contributed by atoms with Crippen molar-refractivity contribution < 1.29 is 13.2 Å². The number of ketones is 1. The Balaban J connectivity index is 1.91. The number of carbonyl (C=O) groups excluding carboxylic acids is 1. The van der Waals surface area contributed by atoms with Crippen LogP contribution in [-0.2, 0) is 9.84 Å². The molecule has 1 unspecified atom stereocenters. The molecule has 1 aromatic rings. The van der Waals surface area contributed by atoms with Crippen molar-refractivity contribution in [3.05, 3.63) is 34.9 Å². The number of sulfone groups is 1. The van der Waals surface area contributed by atoms with E-state index in [0.29, 0.717) is 30.1 Å². The van der Waals surface area contributed by atoms with Crippen molar-refractivity contribution in [2.45, 2.75) is 19.4 Å². The summed E-state index contributed by atoms with van der Waals surface area (Å²) in [7, 11) is -2.91. The number of Topliss-reactive ketones (excluding diaryl/α,β-unsaturated/α-hetero) is 1. The first kappa shape index (κ1) is 15.5. The zero-order valence-corrected chi connectivity index (χ0v) is 13.0. The second-order valence-corrected chi connectivity index (χ2v) is 7.85. The molecule has 0 spiro atoms. The summed E-state index contributed by atoms with van der Waals surface area (Å²) in [5, 5.41) is 0.549. The smallest absolute Gasteiger partial charge is 0.164 e. The van der Waals surface area contributed by atoms with Gasteiger partial charge in [0.25, 0.3) is 0 Å². The second kappa shape index (κ2) is 6.24. The van der Waals surface area contributed by atoms with Crippen molar-refractivity contribution in [3.8, 4) is 0 Å². The normalized spacial score (nSPS) is 22.6. The molecule has 1 atom stereocenters. The average Bonchev–Trinajstić information content (AvgIpc) is 2.36. The Morgan fingerprint density at radius 1 is 1.45 bits per heavy atom. The molecule has 0 radical (unpaired) electrons. The predicted molar refractivity (Wildman–Crippen MR) is 80.1 cm³/mol. The molecule has 20 heavy (non-hydrogen) atoms. The number of hydrogen-bond donors (Lipinski definition) is 0. The zero-order chi connectivity index (χ0) is 14.8. The molecule has 1 aromatic carbocycles. The lowest BCUT2D eigenvalue weighted by molar-refractivity contribution is 0.0957. The molecule has 4 nitrogen and oxygen atoms in total. The minimum atomic E-state index is -2.91. The molecule has 110 valence electrons. The lowest BCUT2D eigenvalue weighted by Gasteiger charge is -2.32. The lowest BCUT2D eigenvalue weighted by Crippen LogP contribution is -2.47. The van der Waals surface area contributed by atoms with Gasteiger partial charge in [0.15, 0.2) is 15.6 Å². The molecule has 2 rings (SSSR count). The van der Waals surface area contributed by atoms with E-state index in [0.717, 1.165) is 0 Å². The van der Waals surface area contributed by atoms with Crippen LogP contribution in [0.25, 0.3) is 0 Å². The van der Waals surface area contributed by atoms with Crippen LogP contribution in [0, 0.1) is 0 Å². The molecule has 1 fully saturated rings. The van der Waals surface area contributed by atoms with Crippen LogP contribution in [0.15, 0.2) is 24.3 Å². The minimum absolute atomic E-state index is 0.0269. The fraction of sp³-hybridized carbons (Fsp3) is 0.500. The van der Waals surface area contributed by atoms with Crippen LogP contribution in [0.2, 0.25) is 5.02 Å². The summed E-state index contributed by atoms with van der Waals surface area (Å²) in [6.07, 6.45) is 0.380. The van der Waals surface area contributed by atoms with Gasteiger partial charge < -0.3 is 0 Å². The minimum Gasteiger partial charge on any atom is -0.298 e. The highest BCUT2D eigenvalue weighted by Gasteiger charge is 2.28. The highest BCUT2D eigenvalue weighted by atomic mass is 35.5. The lowest BCUT2D eigenvalue weighted by atomic mass is 10.1. The molecule has 0 aliphatic carbocycles. The quantitative estimate of drug-likeness (QED) is 0.798. The van der Waals surface area contributed by atoms with Gasteiger partial charge >= 0.3 is 0 Å². The highest BCUT2D eigenvalue weighted by Crippen LogP contribution is 2.15. The summed E-state index contributed by atoms with van der Waals surface area (Å²) in [6, 6.07) is 6.87. The van der Waals surface area contributed by atoms with Gasteiger partial charge in [0.1, 0.15) is 0 Å². The SMILES string of the molecule is CC1CS(=O)(=O)CCN1CCC(=O)c1cccc(Cl)c1. The van der Waals surface area contributed by atoms with Crippen LogP contribution in [0.4, 0.5) is 0 Å². The van der Waals surface area contributed by atoms with Gasteiger partial charge in [-0.15, -0.1) is 0 Å². The summed E-state index contributed by atoms with van der Waals surface area (Å²) in [4.78, 5) is 14.1. The van der Waals surface area contributed by atoms with E-state index < -0.39 is 9.84 Å². The fourth-order valence-electron chi connectivity index (χ4n) is 2.42. The molecule has 0 N–H and O–H groups in total. The van der Waals surface area contributed by atoms with Crippen LogP contribution in [0.5, 0.6) is 0 Å². The molecular formula is C14H18ClNO3S. The third kappa shape index (κ3) is 4.04. The van der Waals surface area contributed by atoms with E-state index in [1.807, 2.05) is 6.92 Å². The van der Waals surface area contributed by atoms with Crippen molar-refractivity contribution in [1.82, 2.24) is 4.90 Å². The van der Waals surface area contributed by atoms with Gasteiger partial charge in [-0.2, -0.15) is 0 Å². The molecule has 1 saturated heterocycles. The third-order valence-corrected chi connectivity index (χ3v) is 5.61. The molecule has 0 amide bonds. The Kier molecular flexibility index (Phi) is 4.83. The summed E-state index contributed by atoms with van der Waals surface area (Å²) in [6.45, 7) is 2.98. The predicted octanol–water partition coefficient (Wildman–Crippen LogP) is 2.03. The first-order chi connectivity index (χ1) is 9.37. The molecule has 1 heterocycles. The number of halogens is 1. The summed E-state index contributed by atoms with van der Waals surface area (Å²) < 4.78 is 23.0. The van der Waals surface area contributed by atoms with Crippen molar-refractivity contribution in [1.29, 1.82) is 0 Å². The van der Waals surface area contributed by atoms with E-state index >= 15 is 0 Å². The van der Waals surface area contributed by atoms with E-state index in [1.165, 1.54) is 0 Å². The summed E-state index contributed by atoms with van der Waals surface area (Å²) >= 11 is 5.86. The van der Waals surface area contributed by atoms with Gasteiger partial charge in [-0.3, -0.25) is 9.69 Å². The van der Waals surface area contributed by atoms with Crippen LogP contribution >= 0.6 is 11.6 Å². The number of nitrogens with zero attached hydrogens (tertiary/aromatic N) is 1. The van der Waals surface area contributed by atoms with Crippen LogP contribution in [0.1, 0.15) is 23.7 Å². The molecular weight excluding hydrogens is 298 g/mol. The van der Waals surface area contributed by atoms with Crippen molar-refractivity contribution in [2.75, 3.05) is 24.6 Å². The Bertz CT molecular complexity index is 600. The second-order valence-electron chi connectivity index (χ2n) is 5.18. The molecule has 0 bridgehead atoms. The Morgan fingerprint density at radius 3 is 2.85 bits per heavy atom. The van der Waals surface area contributed by atoms with Crippen LogP contribution in [0.3, 0.4) is 0 Å². The Morgan fingerprint density at radius 2 is 2.20 bits per heavy atom. The number of rotatable bonds is 4. The van der Waals surface area contributed by atoms with E-state index in [9.17, 15) is 13.2 Å². The van der Waals surface area contributed by atoms with Crippen molar-refractivity contribution >= 4 is 27.2 Å². The van der Waals surface area contributed by atoms with Gasteiger partial charge in [-0.05, 0) is 19.1 Å². The standard InChI is InChI=1S/C14H18ClNO3S/c1-11-10-20(18,19)8-7-16(11)6-5-14(17)12-3-2-4-13(15)9-12/h2-4,9,11H,5-8,10H2,1H3. The van der Waals surface area contributed by atoms with E-state index in [1.54, 1.807) is 24.3 Å². The number of carbonyl (C=O) groups is 1.